The number of fused-ring (bicyclic) bond motifs is 1. The molecule has 0 unspecified atom stereocenters. The Balaban J connectivity index is 1.67. The fourth-order valence-corrected chi connectivity index (χ4v) is 6.44. The molecule has 0 aromatic carbocycles. The molecule has 2 aliphatic rings. The van der Waals surface area contributed by atoms with Gasteiger partial charge >= 0.3 is 0 Å². The van der Waals surface area contributed by atoms with Gasteiger partial charge in [-0.1, -0.05) is 18.3 Å². The predicted molar refractivity (Wildman–Crippen MR) is 127 cm³/mol. The molecule has 3 aromatic rings. The van der Waals surface area contributed by atoms with E-state index in [2.05, 4.69) is 19.9 Å². The number of nitrogens with zero attached hydrogens (tertiary/aromatic N) is 5. The summed E-state index contributed by atoms with van der Waals surface area (Å²) in [4.78, 5) is 6.37. The molecule has 5 rings (SSSR count). The van der Waals surface area contributed by atoms with Gasteiger partial charge in [0.2, 0.25) is 10.0 Å². The first-order chi connectivity index (χ1) is 17.1. The van der Waals surface area contributed by atoms with E-state index in [0.717, 1.165) is 0 Å². The van der Waals surface area contributed by atoms with Crippen LogP contribution in [0.1, 0.15) is 31.7 Å². The lowest BCUT2D eigenvalue weighted by molar-refractivity contribution is -0.0523. The third-order valence-corrected chi connectivity index (χ3v) is 8.83. The van der Waals surface area contributed by atoms with E-state index in [4.69, 9.17) is 9.47 Å². The molecule has 3 aromatic heterocycles. The first-order valence-corrected chi connectivity index (χ1v) is 13.7. The van der Waals surface area contributed by atoms with Crippen molar-refractivity contribution in [2.24, 2.45) is 0 Å². The monoisotopic (exact) mass is 544 g/mol. The van der Waals surface area contributed by atoms with Crippen LogP contribution >= 0.6 is 11.3 Å². The molecule has 15 heteroatoms. The number of hydrogen-bond acceptors (Lipinski definition) is 10. The quantitative estimate of drug-likeness (QED) is 0.436. The average Bonchev–Trinajstić information content (AvgIpc) is 3.49. The van der Waals surface area contributed by atoms with Gasteiger partial charge in [0.15, 0.2) is 15.8 Å². The Labute approximate surface area is 210 Å². The Hall–Kier alpha value is -2.30. The molecule has 36 heavy (non-hydrogen) atoms. The Morgan fingerprint density at radius 1 is 1.36 bits per heavy atom. The molecule has 0 radical (unpaired) electrons. The minimum Gasteiger partial charge on any atom is -0.394 e. The summed E-state index contributed by atoms with van der Waals surface area (Å²) >= 11 is 0.696. The molecule has 5 heterocycles. The number of anilines is 1. The molecule has 2 aliphatic heterocycles. The largest absolute Gasteiger partial charge is 0.394 e. The molecule has 0 amide bonds. The van der Waals surface area contributed by atoms with Crippen LogP contribution in [-0.2, 0) is 19.5 Å². The van der Waals surface area contributed by atoms with Crippen LogP contribution in [0.5, 0.6) is 0 Å². The van der Waals surface area contributed by atoms with E-state index in [-0.39, 0.29) is 41.6 Å². The second-order valence-corrected chi connectivity index (χ2v) is 11.8. The van der Waals surface area contributed by atoms with E-state index < -0.39 is 33.1 Å². The number of morpholine rings is 1. The lowest BCUT2D eigenvalue weighted by atomic mass is 10.0. The first-order valence-electron chi connectivity index (χ1n) is 11.4. The van der Waals surface area contributed by atoms with Crippen molar-refractivity contribution in [2.75, 3.05) is 37.9 Å². The van der Waals surface area contributed by atoms with Gasteiger partial charge in [-0.3, -0.25) is 4.40 Å². The summed E-state index contributed by atoms with van der Waals surface area (Å²) in [6.07, 6.45) is 0.439. The van der Waals surface area contributed by atoms with Crippen molar-refractivity contribution in [3.05, 3.63) is 23.5 Å². The topological polar surface area (TPSA) is 131 Å². The highest BCUT2D eigenvalue weighted by molar-refractivity contribution is 7.89. The van der Waals surface area contributed by atoms with Gasteiger partial charge in [0.1, 0.15) is 4.90 Å². The van der Waals surface area contributed by atoms with Crippen LogP contribution in [0.3, 0.4) is 0 Å². The summed E-state index contributed by atoms with van der Waals surface area (Å²) in [7, 11) is -4.00. The maximum absolute atomic E-state index is 13.4. The van der Waals surface area contributed by atoms with Crippen molar-refractivity contribution in [2.45, 2.75) is 49.3 Å². The smallest absolute Gasteiger partial charge is 0.291 e. The van der Waals surface area contributed by atoms with Crippen LogP contribution in [0.15, 0.2) is 23.4 Å². The molecule has 2 N–H and O–H groups in total. The number of imidazole rings is 1. The number of rotatable bonds is 8. The Morgan fingerprint density at radius 2 is 2.14 bits per heavy atom. The average molecular weight is 545 g/mol. The molecule has 2 atom stereocenters. The van der Waals surface area contributed by atoms with Crippen LogP contribution in [0.2, 0.25) is 0 Å². The van der Waals surface area contributed by atoms with Crippen molar-refractivity contribution < 1.29 is 31.8 Å². The van der Waals surface area contributed by atoms with Crippen molar-refractivity contribution in [1.29, 1.82) is 0 Å². The van der Waals surface area contributed by atoms with Gasteiger partial charge in [-0.25, -0.2) is 26.9 Å². The van der Waals surface area contributed by atoms with Crippen LogP contribution < -0.4 is 9.62 Å². The van der Waals surface area contributed by atoms with Crippen molar-refractivity contribution >= 4 is 32.6 Å². The normalized spacial score (nSPS) is 22.3. The number of halogens is 2. The first kappa shape index (κ1) is 25.4. The van der Waals surface area contributed by atoms with E-state index >= 15 is 0 Å². The van der Waals surface area contributed by atoms with E-state index in [1.807, 2.05) is 11.8 Å². The molecule has 0 aliphatic carbocycles. The number of ether oxygens (including phenoxy) is 2. The number of alkyl halides is 2. The molecule has 196 valence electrons. The number of hydrogen-bond donors (Lipinski definition) is 2. The zero-order valence-corrected chi connectivity index (χ0v) is 21.2. The van der Waals surface area contributed by atoms with Crippen molar-refractivity contribution in [3.63, 3.8) is 0 Å². The van der Waals surface area contributed by atoms with Gasteiger partial charge in [0, 0.05) is 12.7 Å². The summed E-state index contributed by atoms with van der Waals surface area (Å²) < 4.78 is 68.4. The summed E-state index contributed by atoms with van der Waals surface area (Å²) in [6.45, 7) is 4.75. The minimum absolute atomic E-state index is 0.0298. The zero-order valence-electron chi connectivity index (χ0n) is 19.6. The summed E-state index contributed by atoms with van der Waals surface area (Å²) in [5.74, 6) is 0.200. The summed E-state index contributed by atoms with van der Waals surface area (Å²) in [5, 5.41) is 16.8. The number of sulfonamides is 1. The molecule has 0 saturated carbocycles. The van der Waals surface area contributed by atoms with E-state index in [1.165, 1.54) is 10.6 Å². The molecule has 11 nitrogen and oxygen atoms in total. The number of nitrogens with one attached hydrogen (secondary N) is 1. The third kappa shape index (κ3) is 4.59. The summed E-state index contributed by atoms with van der Waals surface area (Å²) in [6, 6.07) is 1.49. The fraction of sp³-hybridized carbons (Fsp3) is 0.571. The molecule has 0 spiro atoms. The lowest BCUT2D eigenvalue weighted by Gasteiger charge is -2.41. The van der Waals surface area contributed by atoms with Gasteiger partial charge in [-0.05, 0) is 19.4 Å². The second kappa shape index (κ2) is 9.54. The van der Waals surface area contributed by atoms with Crippen LogP contribution in [0.25, 0.3) is 16.3 Å². The maximum atomic E-state index is 13.4. The number of aromatic nitrogens is 4. The number of aliphatic hydroxyl groups excluding tert-OH is 1. The molecular weight excluding hydrogens is 518 g/mol. The maximum Gasteiger partial charge on any atom is 0.291 e. The highest BCUT2D eigenvalue weighted by Crippen LogP contribution is 2.35. The van der Waals surface area contributed by atoms with Crippen LogP contribution in [-0.4, -0.2) is 83.8 Å². The fourth-order valence-electron chi connectivity index (χ4n) is 4.36. The second-order valence-electron chi connectivity index (χ2n) is 9.16. The van der Waals surface area contributed by atoms with Gasteiger partial charge < -0.3 is 19.5 Å². The SMILES string of the molecule is CC[C@@H]1CO[C@H](CO)CN1c1cc(S(=O)(=O)NC2(C)COC2)cn2c(-c3nnc(C(F)F)s3)ncc12. The van der Waals surface area contributed by atoms with Gasteiger partial charge in [-0.15, -0.1) is 10.2 Å². The predicted octanol–water partition coefficient (Wildman–Crippen LogP) is 1.83. The van der Waals surface area contributed by atoms with Gasteiger partial charge in [0.05, 0.1) is 61.5 Å². The van der Waals surface area contributed by atoms with Gasteiger partial charge in [-0.2, -0.15) is 0 Å². The lowest BCUT2D eigenvalue weighted by Crippen LogP contribution is -2.59. The Bertz CT molecular complexity index is 1360. The number of pyridine rings is 1. The Morgan fingerprint density at radius 3 is 2.75 bits per heavy atom. The number of aliphatic hydroxyl groups is 1. The van der Waals surface area contributed by atoms with Crippen LogP contribution in [0, 0.1) is 0 Å². The third-order valence-electron chi connectivity index (χ3n) is 6.30. The minimum atomic E-state index is -4.00. The summed E-state index contributed by atoms with van der Waals surface area (Å²) in [5.41, 5.74) is 0.399. The highest BCUT2D eigenvalue weighted by Gasteiger charge is 2.39. The molecule has 0 bridgehead atoms. The van der Waals surface area contributed by atoms with Crippen molar-refractivity contribution in [3.8, 4) is 10.8 Å². The van der Waals surface area contributed by atoms with Crippen LogP contribution in [0.4, 0.5) is 14.5 Å². The Kier molecular flexibility index (Phi) is 6.72. The van der Waals surface area contributed by atoms with Gasteiger partial charge in [0.25, 0.3) is 6.43 Å². The standard InChI is InChI=1S/C21H26F2N6O5S2/c1-3-12-9-34-13(8-30)6-28(12)15-4-14(36(31,32)27-21(2)10-33-11-21)7-29-16(15)5-24-18(29)20-26-25-19(35-20)17(22)23/h4-5,7,12-13,17,27,30H,3,6,8-11H2,1-2H3/t12-,13+/m1/s1. The van der Waals surface area contributed by atoms with E-state index in [9.17, 15) is 22.3 Å². The molecule has 2 saturated heterocycles. The molecular formula is C21H26F2N6O5S2. The van der Waals surface area contributed by atoms with Crippen molar-refractivity contribution in [1.82, 2.24) is 24.3 Å². The van der Waals surface area contributed by atoms with E-state index in [0.29, 0.717) is 42.1 Å². The molecule has 2 fully saturated rings. The zero-order chi connectivity index (χ0) is 25.7. The highest BCUT2D eigenvalue weighted by atomic mass is 32.2. The van der Waals surface area contributed by atoms with E-state index in [1.54, 1.807) is 19.2 Å².